The van der Waals surface area contributed by atoms with Gasteiger partial charge in [0, 0.05) is 24.6 Å². The number of nitrogens with zero attached hydrogens (tertiary/aromatic N) is 1. The first-order valence-electron chi connectivity index (χ1n) is 3.45. The SMILES string of the molecule is [CH]1CNc2ccncc2C1. The molecule has 10 heavy (non-hydrogen) atoms. The number of hydrogen-bond acceptors (Lipinski definition) is 2. The number of nitrogens with one attached hydrogen (secondary N) is 1. The summed E-state index contributed by atoms with van der Waals surface area (Å²) in [5.41, 5.74) is 2.53. The summed E-state index contributed by atoms with van der Waals surface area (Å²) < 4.78 is 0. The first-order valence-corrected chi connectivity index (χ1v) is 3.45. The predicted octanol–water partition coefficient (Wildman–Crippen LogP) is 1.25. The van der Waals surface area contributed by atoms with Gasteiger partial charge in [0.25, 0.3) is 0 Å². The minimum Gasteiger partial charge on any atom is -0.384 e. The molecular formula is C8H9N2. The van der Waals surface area contributed by atoms with Gasteiger partial charge in [-0.2, -0.15) is 0 Å². The highest BCUT2D eigenvalue weighted by atomic mass is 14.9. The zero-order valence-corrected chi connectivity index (χ0v) is 5.67. The summed E-state index contributed by atoms with van der Waals surface area (Å²) in [5.74, 6) is 0. The van der Waals surface area contributed by atoms with Crippen LogP contribution in [-0.4, -0.2) is 11.5 Å². The summed E-state index contributed by atoms with van der Waals surface area (Å²) in [4.78, 5) is 4.04. The van der Waals surface area contributed by atoms with Crippen LogP contribution in [0.25, 0.3) is 0 Å². The molecule has 0 unspecified atom stereocenters. The van der Waals surface area contributed by atoms with Crippen LogP contribution in [0.2, 0.25) is 0 Å². The standard InChI is InChI=1S/C8H9N2/c1-2-7-6-9-5-3-8(7)10-4-1/h1,3,5-6,10H,2,4H2. The van der Waals surface area contributed by atoms with E-state index in [0.29, 0.717) is 0 Å². The van der Waals surface area contributed by atoms with Crippen molar-refractivity contribution < 1.29 is 0 Å². The molecule has 1 aliphatic rings. The molecule has 1 radical (unpaired) electrons. The van der Waals surface area contributed by atoms with E-state index in [9.17, 15) is 0 Å². The Morgan fingerprint density at radius 1 is 1.50 bits per heavy atom. The van der Waals surface area contributed by atoms with Crippen molar-refractivity contribution >= 4 is 5.69 Å². The lowest BCUT2D eigenvalue weighted by Crippen LogP contribution is -2.12. The van der Waals surface area contributed by atoms with E-state index in [4.69, 9.17) is 0 Å². The van der Waals surface area contributed by atoms with E-state index in [1.807, 2.05) is 18.5 Å². The smallest absolute Gasteiger partial charge is 0.0403 e. The average molecular weight is 133 g/mol. The lowest BCUT2D eigenvalue weighted by Gasteiger charge is -2.15. The first-order chi connectivity index (χ1) is 4.97. The maximum Gasteiger partial charge on any atom is 0.0403 e. The van der Waals surface area contributed by atoms with Crippen molar-refractivity contribution in [1.82, 2.24) is 4.98 Å². The van der Waals surface area contributed by atoms with Crippen molar-refractivity contribution in [2.75, 3.05) is 11.9 Å². The molecule has 0 saturated carbocycles. The Morgan fingerprint density at radius 3 is 3.40 bits per heavy atom. The molecule has 0 aromatic carbocycles. The normalized spacial score (nSPS) is 15.6. The lowest BCUT2D eigenvalue weighted by atomic mass is 10.1. The summed E-state index contributed by atoms with van der Waals surface area (Å²) in [6, 6.07) is 2.02. The summed E-state index contributed by atoms with van der Waals surface area (Å²) in [6.45, 7) is 0.983. The molecular weight excluding hydrogens is 124 g/mol. The Bertz CT molecular complexity index is 207. The van der Waals surface area contributed by atoms with E-state index in [1.54, 1.807) is 0 Å². The van der Waals surface area contributed by atoms with Crippen LogP contribution in [0.4, 0.5) is 5.69 Å². The summed E-state index contributed by atoms with van der Waals surface area (Å²) in [5, 5.41) is 3.27. The van der Waals surface area contributed by atoms with E-state index in [2.05, 4.69) is 16.7 Å². The third-order valence-electron chi connectivity index (χ3n) is 1.70. The molecule has 0 atom stereocenters. The molecule has 0 bridgehead atoms. The second-order valence-corrected chi connectivity index (χ2v) is 2.41. The van der Waals surface area contributed by atoms with Crippen LogP contribution in [0, 0.1) is 6.42 Å². The second-order valence-electron chi connectivity index (χ2n) is 2.41. The number of pyridine rings is 1. The van der Waals surface area contributed by atoms with Crippen molar-refractivity contribution in [1.29, 1.82) is 0 Å². The third-order valence-corrected chi connectivity index (χ3v) is 1.70. The first kappa shape index (κ1) is 5.71. The number of hydrogen-bond donors (Lipinski definition) is 1. The Labute approximate surface area is 60.3 Å². The molecule has 0 amide bonds. The fourth-order valence-corrected chi connectivity index (χ4v) is 1.17. The maximum absolute atomic E-state index is 4.04. The summed E-state index contributed by atoms with van der Waals surface area (Å²) in [6.07, 6.45) is 7.00. The number of aromatic nitrogens is 1. The molecule has 1 aromatic rings. The van der Waals surface area contributed by atoms with Crippen molar-refractivity contribution in [3.05, 3.63) is 30.4 Å². The lowest BCUT2D eigenvalue weighted by molar-refractivity contribution is 1.00. The zero-order valence-electron chi connectivity index (χ0n) is 5.67. The van der Waals surface area contributed by atoms with Crippen LogP contribution in [0.3, 0.4) is 0 Å². The van der Waals surface area contributed by atoms with Gasteiger partial charge in [0.2, 0.25) is 0 Å². The molecule has 2 heteroatoms. The average Bonchev–Trinajstić information content (AvgIpc) is 2.05. The highest BCUT2D eigenvalue weighted by molar-refractivity contribution is 5.52. The van der Waals surface area contributed by atoms with E-state index in [-0.39, 0.29) is 0 Å². The fraction of sp³-hybridized carbons (Fsp3) is 0.250. The molecule has 2 rings (SSSR count). The molecule has 1 N–H and O–H groups in total. The molecule has 2 nitrogen and oxygen atoms in total. The van der Waals surface area contributed by atoms with Gasteiger partial charge in [0.15, 0.2) is 0 Å². The van der Waals surface area contributed by atoms with Crippen molar-refractivity contribution in [2.45, 2.75) is 6.42 Å². The maximum atomic E-state index is 4.04. The molecule has 0 aliphatic carbocycles. The number of fused-ring (bicyclic) bond motifs is 1. The molecule has 0 saturated heterocycles. The van der Waals surface area contributed by atoms with Gasteiger partial charge in [-0.25, -0.2) is 0 Å². The van der Waals surface area contributed by atoms with Gasteiger partial charge in [-0.05, 0) is 24.5 Å². The van der Waals surface area contributed by atoms with Gasteiger partial charge in [0.05, 0.1) is 0 Å². The fourth-order valence-electron chi connectivity index (χ4n) is 1.17. The molecule has 1 aliphatic heterocycles. The van der Waals surface area contributed by atoms with Crippen LogP contribution >= 0.6 is 0 Å². The predicted molar refractivity (Wildman–Crippen MR) is 40.7 cm³/mol. The molecule has 51 valence electrons. The van der Waals surface area contributed by atoms with Gasteiger partial charge in [-0.15, -0.1) is 0 Å². The van der Waals surface area contributed by atoms with Crippen LogP contribution in [0.5, 0.6) is 0 Å². The monoisotopic (exact) mass is 133 g/mol. The highest BCUT2D eigenvalue weighted by Crippen LogP contribution is 2.18. The largest absolute Gasteiger partial charge is 0.384 e. The molecule has 0 spiro atoms. The molecule has 2 heterocycles. The molecule has 1 aromatic heterocycles. The Hall–Kier alpha value is -1.05. The Balaban J connectivity index is 2.41. The van der Waals surface area contributed by atoms with Crippen molar-refractivity contribution in [3.63, 3.8) is 0 Å². The number of anilines is 1. The van der Waals surface area contributed by atoms with Crippen LogP contribution in [-0.2, 0) is 6.42 Å². The zero-order chi connectivity index (χ0) is 6.81. The van der Waals surface area contributed by atoms with Crippen LogP contribution in [0.15, 0.2) is 18.5 Å². The van der Waals surface area contributed by atoms with Gasteiger partial charge in [0.1, 0.15) is 0 Å². The Morgan fingerprint density at radius 2 is 2.50 bits per heavy atom. The minimum absolute atomic E-state index is 0.983. The van der Waals surface area contributed by atoms with Crippen LogP contribution in [0.1, 0.15) is 5.56 Å². The van der Waals surface area contributed by atoms with Crippen molar-refractivity contribution in [2.24, 2.45) is 0 Å². The van der Waals surface area contributed by atoms with Gasteiger partial charge < -0.3 is 5.32 Å². The summed E-state index contributed by atoms with van der Waals surface area (Å²) >= 11 is 0. The number of rotatable bonds is 0. The van der Waals surface area contributed by atoms with Gasteiger partial charge >= 0.3 is 0 Å². The van der Waals surface area contributed by atoms with E-state index in [0.717, 1.165) is 13.0 Å². The summed E-state index contributed by atoms with van der Waals surface area (Å²) in [7, 11) is 0. The quantitative estimate of drug-likeness (QED) is 0.576. The van der Waals surface area contributed by atoms with E-state index >= 15 is 0 Å². The van der Waals surface area contributed by atoms with Crippen molar-refractivity contribution in [3.8, 4) is 0 Å². The van der Waals surface area contributed by atoms with Gasteiger partial charge in [-0.3, -0.25) is 4.98 Å². The van der Waals surface area contributed by atoms with Crippen LogP contribution < -0.4 is 5.32 Å². The van der Waals surface area contributed by atoms with E-state index < -0.39 is 0 Å². The second kappa shape index (κ2) is 2.29. The minimum atomic E-state index is 0.983. The van der Waals surface area contributed by atoms with Gasteiger partial charge in [-0.1, -0.05) is 0 Å². The molecule has 0 fully saturated rings. The Kier molecular flexibility index (Phi) is 1.31. The topological polar surface area (TPSA) is 24.9 Å². The highest BCUT2D eigenvalue weighted by Gasteiger charge is 2.05. The third kappa shape index (κ3) is 0.856. The van der Waals surface area contributed by atoms with E-state index in [1.165, 1.54) is 11.3 Å².